The van der Waals surface area contributed by atoms with E-state index < -0.39 is 0 Å². The summed E-state index contributed by atoms with van der Waals surface area (Å²) >= 11 is 0. The van der Waals surface area contributed by atoms with Gasteiger partial charge in [0.1, 0.15) is 6.61 Å². The van der Waals surface area contributed by atoms with E-state index in [9.17, 15) is 4.79 Å². The summed E-state index contributed by atoms with van der Waals surface area (Å²) in [6.07, 6.45) is 5.61. The molecule has 0 aromatic carbocycles. The van der Waals surface area contributed by atoms with Crippen LogP contribution in [-0.4, -0.2) is 37.7 Å². The molecular formula is C10H16N2O2. The zero-order valence-electron chi connectivity index (χ0n) is 8.43. The third kappa shape index (κ3) is 3.36. The Kier molecular flexibility index (Phi) is 3.93. The van der Waals surface area contributed by atoms with Crippen LogP contribution in [0.3, 0.4) is 0 Å². The molecule has 1 heterocycles. The minimum absolute atomic E-state index is 0.103. The van der Waals surface area contributed by atoms with Gasteiger partial charge in [0, 0.05) is 26.1 Å². The quantitative estimate of drug-likeness (QED) is 0.460. The first-order valence-corrected chi connectivity index (χ1v) is 4.71. The second kappa shape index (κ2) is 4.99. The Morgan fingerprint density at radius 3 is 2.93 bits per heavy atom. The third-order valence-electron chi connectivity index (χ3n) is 2.14. The van der Waals surface area contributed by atoms with Crippen molar-refractivity contribution in [1.29, 1.82) is 0 Å². The van der Waals surface area contributed by atoms with E-state index in [0.717, 1.165) is 13.1 Å². The Labute approximate surface area is 84.4 Å². The molecule has 1 amide bonds. The van der Waals surface area contributed by atoms with Gasteiger partial charge >= 0.3 is 0 Å². The van der Waals surface area contributed by atoms with E-state index in [-0.39, 0.29) is 18.1 Å². The van der Waals surface area contributed by atoms with Crippen LogP contribution in [0, 0.1) is 12.3 Å². The minimum Gasteiger partial charge on any atom is -0.363 e. The van der Waals surface area contributed by atoms with Gasteiger partial charge in [-0.25, -0.2) is 0 Å². The van der Waals surface area contributed by atoms with E-state index in [1.165, 1.54) is 0 Å². The van der Waals surface area contributed by atoms with Crippen molar-refractivity contribution in [3.63, 3.8) is 0 Å². The lowest BCUT2D eigenvalue weighted by atomic mass is 10.0. The van der Waals surface area contributed by atoms with Crippen LogP contribution in [0.25, 0.3) is 0 Å². The molecule has 14 heavy (non-hydrogen) atoms. The molecule has 0 saturated carbocycles. The highest BCUT2D eigenvalue weighted by molar-refractivity contribution is 5.77. The van der Waals surface area contributed by atoms with Crippen molar-refractivity contribution in [2.24, 2.45) is 0 Å². The number of nitrogens with one attached hydrogen (secondary N) is 2. The van der Waals surface area contributed by atoms with Crippen LogP contribution >= 0.6 is 0 Å². The van der Waals surface area contributed by atoms with Gasteiger partial charge in [0.2, 0.25) is 5.91 Å². The fraction of sp³-hybridized carbons (Fsp3) is 0.700. The first kappa shape index (κ1) is 11.0. The summed E-state index contributed by atoms with van der Waals surface area (Å²) in [5, 5.41) is 5.77. The van der Waals surface area contributed by atoms with Gasteiger partial charge in [-0.3, -0.25) is 4.79 Å². The Balaban J connectivity index is 2.06. The summed E-state index contributed by atoms with van der Waals surface area (Å²) in [6.45, 7) is 4.24. The van der Waals surface area contributed by atoms with Crippen LogP contribution in [0.15, 0.2) is 0 Å². The van der Waals surface area contributed by atoms with Gasteiger partial charge in [-0.05, 0) is 6.92 Å². The zero-order valence-corrected chi connectivity index (χ0v) is 8.43. The van der Waals surface area contributed by atoms with Gasteiger partial charge in [0.25, 0.3) is 0 Å². The number of rotatable bonds is 5. The van der Waals surface area contributed by atoms with E-state index in [1.54, 1.807) is 0 Å². The Morgan fingerprint density at radius 1 is 1.71 bits per heavy atom. The molecule has 0 aromatic rings. The highest BCUT2D eigenvalue weighted by Gasteiger charge is 2.32. The fourth-order valence-corrected chi connectivity index (χ4v) is 1.14. The van der Waals surface area contributed by atoms with Crippen molar-refractivity contribution in [3.05, 3.63) is 0 Å². The molecule has 78 valence electrons. The Bertz CT molecular complexity index is 241. The molecule has 0 radical (unpaired) electrons. The molecule has 4 nitrogen and oxygen atoms in total. The lowest BCUT2D eigenvalue weighted by Crippen LogP contribution is -2.59. The Hall–Kier alpha value is -1.05. The highest BCUT2D eigenvalue weighted by Crippen LogP contribution is 2.14. The molecule has 1 fully saturated rings. The third-order valence-corrected chi connectivity index (χ3v) is 2.14. The number of amides is 1. The summed E-state index contributed by atoms with van der Waals surface area (Å²) in [7, 11) is 0. The van der Waals surface area contributed by atoms with Gasteiger partial charge in [0.15, 0.2) is 0 Å². The summed E-state index contributed by atoms with van der Waals surface area (Å²) in [5.74, 6) is 2.35. The van der Waals surface area contributed by atoms with Crippen LogP contribution in [-0.2, 0) is 9.53 Å². The molecule has 0 aliphatic carbocycles. The van der Waals surface area contributed by atoms with Gasteiger partial charge < -0.3 is 15.4 Å². The van der Waals surface area contributed by atoms with Crippen molar-refractivity contribution in [3.8, 4) is 12.3 Å². The minimum atomic E-state index is -0.163. The number of hydrogen-bond acceptors (Lipinski definition) is 3. The van der Waals surface area contributed by atoms with Crippen molar-refractivity contribution in [2.75, 3.05) is 26.2 Å². The number of hydrogen-bond donors (Lipinski definition) is 2. The van der Waals surface area contributed by atoms with E-state index in [1.807, 2.05) is 6.92 Å². The molecule has 0 bridgehead atoms. The Morgan fingerprint density at radius 2 is 2.43 bits per heavy atom. The van der Waals surface area contributed by atoms with Crippen molar-refractivity contribution < 1.29 is 9.53 Å². The first-order valence-electron chi connectivity index (χ1n) is 4.71. The molecule has 4 heteroatoms. The maximum atomic E-state index is 11.2. The van der Waals surface area contributed by atoms with Crippen LogP contribution in [0.1, 0.15) is 13.3 Å². The number of carbonyl (C=O) groups excluding carboxylic acids is 1. The molecule has 1 aliphatic heterocycles. The second-order valence-corrected chi connectivity index (χ2v) is 3.65. The zero-order chi connectivity index (χ0) is 10.4. The molecule has 0 spiro atoms. The fourth-order valence-electron chi connectivity index (χ4n) is 1.14. The first-order chi connectivity index (χ1) is 6.66. The largest absolute Gasteiger partial charge is 0.363 e. The van der Waals surface area contributed by atoms with E-state index in [4.69, 9.17) is 11.2 Å². The maximum absolute atomic E-state index is 11.2. The van der Waals surface area contributed by atoms with Crippen molar-refractivity contribution in [2.45, 2.75) is 18.9 Å². The van der Waals surface area contributed by atoms with Crippen LogP contribution in [0.5, 0.6) is 0 Å². The molecule has 0 aromatic heterocycles. The van der Waals surface area contributed by atoms with Gasteiger partial charge in [-0.2, -0.15) is 0 Å². The number of terminal acetylenes is 1. The van der Waals surface area contributed by atoms with E-state index in [2.05, 4.69) is 16.6 Å². The van der Waals surface area contributed by atoms with Gasteiger partial charge in [-0.1, -0.05) is 0 Å². The molecular weight excluding hydrogens is 180 g/mol. The summed E-state index contributed by atoms with van der Waals surface area (Å²) < 4.78 is 5.43. The monoisotopic (exact) mass is 196 g/mol. The van der Waals surface area contributed by atoms with Crippen LogP contribution in [0.2, 0.25) is 0 Å². The normalized spacial score (nSPS) is 18.0. The lowest BCUT2D eigenvalue weighted by molar-refractivity contribution is -0.135. The van der Waals surface area contributed by atoms with E-state index in [0.29, 0.717) is 13.0 Å². The highest BCUT2D eigenvalue weighted by atomic mass is 16.5. The average molecular weight is 196 g/mol. The topological polar surface area (TPSA) is 50.4 Å². The molecule has 0 unspecified atom stereocenters. The second-order valence-electron chi connectivity index (χ2n) is 3.65. The maximum Gasteiger partial charge on any atom is 0.246 e. The van der Waals surface area contributed by atoms with Crippen molar-refractivity contribution >= 4 is 5.91 Å². The summed E-state index contributed by atoms with van der Waals surface area (Å²) in [4.78, 5) is 11.2. The van der Waals surface area contributed by atoms with Gasteiger partial charge in [0.05, 0.1) is 5.60 Å². The lowest BCUT2D eigenvalue weighted by Gasteiger charge is -2.38. The van der Waals surface area contributed by atoms with Crippen LogP contribution in [0.4, 0.5) is 0 Å². The molecule has 1 saturated heterocycles. The average Bonchev–Trinajstić information content (AvgIpc) is 2.12. The smallest absolute Gasteiger partial charge is 0.246 e. The van der Waals surface area contributed by atoms with Crippen molar-refractivity contribution in [1.82, 2.24) is 10.6 Å². The number of ether oxygens (including phenoxy) is 1. The van der Waals surface area contributed by atoms with Crippen LogP contribution < -0.4 is 10.6 Å². The molecule has 1 aliphatic rings. The SMILES string of the molecule is C#CCCNC(=O)COC1(C)CNC1. The van der Waals surface area contributed by atoms with E-state index >= 15 is 0 Å². The summed E-state index contributed by atoms with van der Waals surface area (Å²) in [5.41, 5.74) is -0.163. The predicted octanol–water partition coefficient (Wildman–Crippen LogP) is -0.496. The number of carbonyl (C=O) groups is 1. The molecule has 1 rings (SSSR count). The van der Waals surface area contributed by atoms with Gasteiger partial charge in [-0.15, -0.1) is 12.3 Å². The standard InChI is InChI=1S/C10H16N2O2/c1-3-4-5-12-9(13)6-14-10(2)7-11-8-10/h1,11H,4-8H2,2H3,(H,12,13). The summed E-state index contributed by atoms with van der Waals surface area (Å²) in [6, 6.07) is 0. The predicted molar refractivity (Wildman–Crippen MR) is 53.7 cm³/mol. The molecule has 2 N–H and O–H groups in total. The molecule has 0 atom stereocenters.